The van der Waals surface area contributed by atoms with Crippen LogP contribution in [0.3, 0.4) is 0 Å². The molecule has 232 valence electrons. The van der Waals surface area contributed by atoms with Gasteiger partial charge in [-0.25, -0.2) is 14.8 Å². The highest BCUT2D eigenvalue weighted by Crippen LogP contribution is 2.37. The second-order valence-corrected chi connectivity index (χ2v) is 10.3. The zero-order chi connectivity index (χ0) is 32.3. The molecule has 3 aromatic carbocycles. The molecule has 0 amide bonds. The van der Waals surface area contributed by atoms with Crippen molar-refractivity contribution in [1.82, 2.24) is 4.98 Å². The Morgan fingerprint density at radius 3 is 1.91 bits per heavy atom. The largest absolute Gasteiger partial charge is 0.573 e. The lowest BCUT2D eigenvalue weighted by atomic mass is 9.93. The molecular formula is C33H39F3N2O5. The molecule has 4 aromatic rings. The number of benzene rings is 3. The number of pyridine rings is 1. The van der Waals surface area contributed by atoms with Gasteiger partial charge in [-0.15, -0.1) is 13.2 Å². The first-order valence-corrected chi connectivity index (χ1v) is 13.8. The number of ether oxygens (including phenoxy) is 1. The Morgan fingerprint density at radius 2 is 1.44 bits per heavy atom. The maximum absolute atomic E-state index is 12.3. The third-order valence-electron chi connectivity index (χ3n) is 6.12. The number of aliphatic hydroxyl groups is 1. The number of fused-ring (bicyclic) bond motifs is 1. The number of aromatic nitrogens is 1. The summed E-state index contributed by atoms with van der Waals surface area (Å²) in [4.78, 5) is 15.1. The topological polar surface area (TPSA) is 103 Å². The number of carbonyl (C=O) groups is 1. The van der Waals surface area contributed by atoms with Crippen molar-refractivity contribution >= 4 is 22.6 Å². The summed E-state index contributed by atoms with van der Waals surface area (Å²) in [6.07, 6.45) is -4.74. The van der Waals surface area contributed by atoms with Crippen LogP contribution in [0.5, 0.6) is 5.75 Å². The van der Waals surface area contributed by atoms with Gasteiger partial charge in [0.1, 0.15) is 5.75 Å². The Labute approximate surface area is 250 Å². The first-order valence-electron chi connectivity index (χ1n) is 13.8. The van der Waals surface area contributed by atoms with Crippen LogP contribution in [-0.2, 0) is 6.54 Å². The fourth-order valence-corrected chi connectivity index (χ4v) is 4.24. The van der Waals surface area contributed by atoms with E-state index in [1.54, 1.807) is 31.2 Å². The summed E-state index contributed by atoms with van der Waals surface area (Å²) >= 11 is 0. The molecule has 10 heteroatoms. The molecule has 0 atom stereocenters. The average Bonchev–Trinajstić information content (AvgIpc) is 2.93. The summed E-state index contributed by atoms with van der Waals surface area (Å²) < 4.78 is 40.9. The molecule has 4 rings (SSSR count). The number of carboxylic acid groups (broad SMARTS) is 1. The van der Waals surface area contributed by atoms with Crippen LogP contribution in [0, 0.1) is 6.92 Å². The molecule has 1 aromatic heterocycles. The molecule has 0 aliphatic carbocycles. The minimum Gasteiger partial charge on any atom is -0.478 e. The summed E-state index contributed by atoms with van der Waals surface area (Å²) in [5.74, 6) is -0.453. The van der Waals surface area contributed by atoms with E-state index in [1.807, 2.05) is 45.0 Å². The van der Waals surface area contributed by atoms with Crippen molar-refractivity contribution in [3.8, 4) is 5.75 Å². The highest BCUT2D eigenvalue weighted by atomic mass is 19.4. The molecule has 1 heterocycles. The SMILES string of the molecule is CC(C)c1nc(N(O)Cc2ccc(OC(F)(F)F)cc2)c(C(C)C)c2ccccc12.CCO.Cc1ccc(C(=O)O)cc1. The second-order valence-electron chi connectivity index (χ2n) is 10.3. The number of alkyl halides is 3. The van der Waals surface area contributed by atoms with Gasteiger partial charge in [-0.05, 0) is 60.9 Å². The van der Waals surface area contributed by atoms with E-state index in [-0.39, 0.29) is 30.7 Å². The van der Waals surface area contributed by atoms with Gasteiger partial charge in [0, 0.05) is 17.6 Å². The fraction of sp³-hybridized carbons (Fsp3) is 0.333. The predicted molar refractivity (Wildman–Crippen MR) is 162 cm³/mol. The van der Waals surface area contributed by atoms with Crippen LogP contribution in [0.15, 0.2) is 72.8 Å². The van der Waals surface area contributed by atoms with Crippen molar-refractivity contribution < 1.29 is 38.1 Å². The van der Waals surface area contributed by atoms with Crippen molar-refractivity contribution in [1.29, 1.82) is 0 Å². The van der Waals surface area contributed by atoms with Gasteiger partial charge in [0.2, 0.25) is 0 Å². The third kappa shape index (κ3) is 10.6. The van der Waals surface area contributed by atoms with Gasteiger partial charge >= 0.3 is 12.3 Å². The number of aliphatic hydroxyl groups excluding tert-OH is 1. The number of rotatable bonds is 7. The highest BCUT2D eigenvalue weighted by molar-refractivity contribution is 5.91. The standard InChI is InChI=1S/C23H25F3N2O2.C8H8O2.C2H6O/c1-14(2)20-18-7-5-6-8-19(18)21(15(3)4)27-22(20)28(29)13-16-9-11-17(12-10-16)30-23(24,25)26;1-6-2-4-7(5-3-6)8(9)10;1-2-3/h5-12,14-15,29H,13H2,1-4H3;2-5H,1H3,(H,9,10);3H,2H2,1H3. The summed E-state index contributed by atoms with van der Waals surface area (Å²) in [6, 6.07) is 20.2. The second kappa shape index (κ2) is 15.9. The molecule has 7 nitrogen and oxygen atoms in total. The van der Waals surface area contributed by atoms with Crippen LogP contribution in [0.1, 0.15) is 79.2 Å². The van der Waals surface area contributed by atoms with Crippen molar-refractivity contribution in [2.24, 2.45) is 0 Å². The van der Waals surface area contributed by atoms with E-state index >= 15 is 0 Å². The summed E-state index contributed by atoms with van der Waals surface area (Å²) in [6.45, 7) is 12.1. The quantitative estimate of drug-likeness (QED) is 0.183. The number of nitrogens with zero attached hydrogens (tertiary/aromatic N) is 2. The molecule has 0 fully saturated rings. The molecule has 0 saturated heterocycles. The van der Waals surface area contributed by atoms with E-state index in [9.17, 15) is 23.2 Å². The maximum atomic E-state index is 12.3. The smallest absolute Gasteiger partial charge is 0.478 e. The fourth-order valence-electron chi connectivity index (χ4n) is 4.24. The highest BCUT2D eigenvalue weighted by Gasteiger charge is 2.31. The third-order valence-corrected chi connectivity index (χ3v) is 6.12. The Kier molecular flexibility index (Phi) is 13.0. The van der Waals surface area contributed by atoms with Crippen LogP contribution in [0.4, 0.5) is 19.0 Å². The van der Waals surface area contributed by atoms with E-state index in [2.05, 4.69) is 18.6 Å². The van der Waals surface area contributed by atoms with Gasteiger partial charge in [-0.3, -0.25) is 5.21 Å². The number of anilines is 1. The van der Waals surface area contributed by atoms with Crippen LogP contribution >= 0.6 is 0 Å². The van der Waals surface area contributed by atoms with E-state index in [0.717, 1.165) is 32.7 Å². The molecule has 0 radical (unpaired) electrons. The van der Waals surface area contributed by atoms with Gasteiger partial charge in [0.05, 0.1) is 17.8 Å². The number of hydrogen-bond donors (Lipinski definition) is 3. The molecule has 0 spiro atoms. The molecule has 0 unspecified atom stereocenters. The first kappa shape index (κ1) is 35.0. The lowest BCUT2D eigenvalue weighted by Crippen LogP contribution is -2.22. The monoisotopic (exact) mass is 600 g/mol. The minimum atomic E-state index is -4.74. The zero-order valence-corrected chi connectivity index (χ0v) is 25.2. The van der Waals surface area contributed by atoms with E-state index in [4.69, 9.17) is 15.2 Å². The van der Waals surface area contributed by atoms with Crippen LogP contribution in [0.25, 0.3) is 10.8 Å². The molecule has 43 heavy (non-hydrogen) atoms. The minimum absolute atomic E-state index is 0.0783. The van der Waals surface area contributed by atoms with E-state index < -0.39 is 12.3 Å². The van der Waals surface area contributed by atoms with Gasteiger partial charge in [0.25, 0.3) is 0 Å². The van der Waals surface area contributed by atoms with Crippen molar-refractivity contribution in [3.05, 3.63) is 101 Å². The number of aromatic carboxylic acids is 1. The summed E-state index contributed by atoms with van der Waals surface area (Å²) in [5, 5.41) is 30.1. The predicted octanol–water partition coefficient (Wildman–Crippen LogP) is 8.47. The summed E-state index contributed by atoms with van der Waals surface area (Å²) in [5.41, 5.74) is 3.85. The lowest BCUT2D eigenvalue weighted by molar-refractivity contribution is -0.274. The average molecular weight is 601 g/mol. The van der Waals surface area contributed by atoms with Gasteiger partial charge in [-0.1, -0.05) is 81.8 Å². The van der Waals surface area contributed by atoms with Crippen LogP contribution in [-0.4, -0.2) is 39.3 Å². The molecule has 0 saturated carbocycles. The number of hydroxylamine groups is 1. The normalized spacial score (nSPS) is 11.0. The van der Waals surface area contributed by atoms with Gasteiger partial charge in [-0.2, -0.15) is 0 Å². The number of halogens is 3. The Morgan fingerprint density at radius 1 is 0.907 bits per heavy atom. The zero-order valence-electron chi connectivity index (χ0n) is 25.2. The van der Waals surface area contributed by atoms with Crippen molar-refractivity contribution in [2.45, 2.75) is 66.3 Å². The lowest BCUT2D eigenvalue weighted by Gasteiger charge is -2.25. The Balaban J connectivity index is 0.000000413. The molecule has 0 bridgehead atoms. The molecular weight excluding hydrogens is 561 g/mol. The molecule has 0 aliphatic rings. The maximum Gasteiger partial charge on any atom is 0.573 e. The van der Waals surface area contributed by atoms with E-state index in [1.165, 1.54) is 24.3 Å². The number of hydrogen-bond acceptors (Lipinski definition) is 6. The van der Waals surface area contributed by atoms with Crippen LogP contribution in [0.2, 0.25) is 0 Å². The molecule has 0 aliphatic heterocycles. The van der Waals surface area contributed by atoms with Crippen LogP contribution < -0.4 is 9.80 Å². The summed E-state index contributed by atoms with van der Waals surface area (Å²) in [7, 11) is 0. The number of carboxylic acids is 1. The first-order chi connectivity index (χ1) is 20.2. The number of aryl methyl sites for hydroxylation is 1. The Bertz CT molecular complexity index is 1450. The van der Waals surface area contributed by atoms with Crippen molar-refractivity contribution in [2.75, 3.05) is 11.7 Å². The molecule has 3 N–H and O–H groups in total. The van der Waals surface area contributed by atoms with Crippen molar-refractivity contribution in [3.63, 3.8) is 0 Å². The van der Waals surface area contributed by atoms with Gasteiger partial charge in [0.15, 0.2) is 5.82 Å². The van der Waals surface area contributed by atoms with Gasteiger partial charge < -0.3 is 14.9 Å². The van der Waals surface area contributed by atoms with E-state index in [0.29, 0.717) is 16.9 Å². The Hall–Kier alpha value is -4.15.